The van der Waals surface area contributed by atoms with Gasteiger partial charge in [0.15, 0.2) is 0 Å². The zero-order valence-corrected chi connectivity index (χ0v) is 12.6. The Labute approximate surface area is 130 Å². The van der Waals surface area contributed by atoms with Gasteiger partial charge in [-0.2, -0.15) is 0 Å². The highest BCUT2D eigenvalue weighted by atomic mass is 79.9. The fourth-order valence-corrected chi connectivity index (χ4v) is 2.39. The van der Waals surface area contributed by atoms with Crippen LogP contribution in [0, 0.1) is 0 Å². The number of nitrogens with zero attached hydrogens (tertiary/aromatic N) is 3. The molecule has 2 N–H and O–H groups in total. The molecule has 1 aromatic heterocycles. The lowest BCUT2D eigenvalue weighted by Gasteiger charge is -2.21. The van der Waals surface area contributed by atoms with E-state index in [4.69, 9.17) is 0 Å². The predicted molar refractivity (Wildman–Crippen MR) is 83.5 cm³/mol. The lowest BCUT2D eigenvalue weighted by Crippen LogP contribution is -2.21. The molecule has 0 radical (unpaired) electrons. The van der Waals surface area contributed by atoms with Gasteiger partial charge in [-0.1, -0.05) is 46.3 Å². The summed E-state index contributed by atoms with van der Waals surface area (Å²) in [4.78, 5) is 0. The molecule has 0 aliphatic rings. The Balaban J connectivity index is 2.02. The first-order valence-corrected chi connectivity index (χ1v) is 7.18. The number of benzene rings is 2. The van der Waals surface area contributed by atoms with Crippen molar-refractivity contribution in [3.05, 3.63) is 76.8 Å². The lowest BCUT2D eigenvalue weighted by atomic mass is 9.98. The average molecular weight is 345 g/mol. The van der Waals surface area contributed by atoms with Gasteiger partial charge in [-0.3, -0.25) is 0 Å². The van der Waals surface area contributed by atoms with Crippen molar-refractivity contribution < 1.29 is 5.11 Å². The van der Waals surface area contributed by atoms with Crippen molar-refractivity contribution in [2.45, 2.75) is 6.04 Å². The second kappa shape index (κ2) is 5.97. The number of rotatable bonds is 4. The van der Waals surface area contributed by atoms with E-state index in [1.807, 2.05) is 36.4 Å². The van der Waals surface area contributed by atoms with E-state index in [1.165, 1.54) is 0 Å². The maximum absolute atomic E-state index is 10.1. The fourth-order valence-electron chi connectivity index (χ4n) is 2.13. The molecule has 0 saturated carbocycles. The molecular weight excluding hydrogens is 332 g/mol. The van der Waals surface area contributed by atoms with Crippen molar-refractivity contribution in [1.82, 2.24) is 14.9 Å². The number of halogens is 1. The van der Waals surface area contributed by atoms with E-state index in [9.17, 15) is 5.11 Å². The van der Waals surface area contributed by atoms with Gasteiger partial charge in [-0.05, 0) is 23.8 Å². The fraction of sp³-hybridized carbons (Fsp3) is 0.0667. The maximum atomic E-state index is 10.1. The standard InChI is InChI=1S/C15H13BrN4O/c16-12-7-5-11(6-8-12)15(19-20-9-17-18-10-20)13-3-1-2-4-14(13)21/h1-10,15,19,21H/t15-/m1/s1. The Morgan fingerprint density at radius 1 is 1.00 bits per heavy atom. The van der Waals surface area contributed by atoms with E-state index in [2.05, 4.69) is 31.6 Å². The number of para-hydroxylation sites is 1. The van der Waals surface area contributed by atoms with E-state index in [-0.39, 0.29) is 11.8 Å². The summed E-state index contributed by atoms with van der Waals surface area (Å²) in [6.45, 7) is 0. The minimum absolute atomic E-state index is 0.213. The SMILES string of the molecule is Oc1ccccc1[C@H](Nn1cnnc1)c1ccc(Br)cc1. The third-order valence-electron chi connectivity index (χ3n) is 3.15. The van der Waals surface area contributed by atoms with Crippen LogP contribution in [-0.2, 0) is 0 Å². The highest BCUT2D eigenvalue weighted by Gasteiger charge is 2.17. The summed E-state index contributed by atoms with van der Waals surface area (Å²) in [5.41, 5.74) is 5.08. The van der Waals surface area contributed by atoms with Crippen LogP contribution < -0.4 is 5.43 Å². The molecule has 6 heteroatoms. The molecule has 0 fully saturated rings. The van der Waals surface area contributed by atoms with Gasteiger partial charge in [-0.25, -0.2) is 4.68 Å². The van der Waals surface area contributed by atoms with Crippen molar-refractivity contribution in [1.29, 1.82) is 0 Å². The van der Waals surface area contributed by atoms with Crippen LogP contribution in [0.5, 0.6) is 5.75 Å². The summed E-state index contributed by atoms with van der Waals surface area (Å²) in [5.74, 6) is 0.242. The number of phenols is 1. The smallest absolute Gasteiger partial charge is 0.138 e. The largest absolute Gasteiger partial charge is 0.508 e. The number of nitrogens with one attached hydrogen (secondary N) is 1. The van der Waals surface area contributed by atoms with Crippen molar-refractivity contribution in [3.8, 4) is 5.75 Å². The number of hydrogen-bond acceptors (Lipinski definition) is 4. The van der Waals surface area contributed by atoms with E-state index in [0.717, 1.165) is 15.6 Å². The second-order valence-corrected chi connectivity index (χ2v) is 5.46. The van der Waals surface area contributed by atoms with Crippen LogP contribution in [0.3, 0.4) is 0 Å². The number of aromatic nitrogens is 3. The summed E-state index contributed by atoms with van der Waals surface area (Å²) < 4.78 is 2.67. The van der Waals surface area contributed by atoms with E-state index in [0.29, 0.717) is 0 Å². The molecule has 106 valence electrons. The van der Waals surface area contributed by atoms with Crippen molar-refractivity contribution in [2.24, 2.45) is 0 Å². The third-order valence-corrected chi connectivity index (χ3v) is 3.68. The zero-order chi connectivity index (χ0) is 14.7. The number of hydrogen-bond donors (Lipinski definition) is 2. The average Bonchev–Trinajstić information content (AvgIpc) is 3.00. The van der Waals surface area contributed by atoms with Gasteiger partial charge in [0.2, 0.25) is 0 Å². The van der Waals surface area contributed by atoms with Crippen LogP contribution in [-0.4, -0.2) is 20.0 Å². The van der Waals surface area contributed by atoms with Crippen LogP contribution in [0.1, 0.15) is 17.2 Å². The summed E-state index contributed by atoms with van der Waals surface area (Å²) >= 11 is 3.43. The monoisotopic (exact) mass is 344 g/mol. The highest BCUT2D eigenvalue weighted by Crippen LogP contribution is 2.30. The highest BCUT2D eigenvalue weighted by molar-refractivity contribution is 9.10. The molecule has 1 heterocycles. The molecule has 21 heavy (non-hydrogen) atoms. The molecule has 0 aliphatic heterocycles. The molecule has 0 amide bonds. The summed E-state index contributed by atoms with van der Waals surface area (Å²) in [6.07, 6.45) is 3.15. The molecule has 0 aliphatic carbocycles. The first kappa shape index (κ1) is 13.6. The third kappa shape index (κ3) is 3.05. The molecule has 0 unspecified atom stereocenters. The van der Waals surface area contributed by atoms with Crippen LogP contribution in [0.15, 0.2) is 65.7 Å². The Morgan fingerprint density at radius 3 is 2.33 bits per heavy atom. The normalized spacial score (nSPS) is 12.0. The molecule has 5 nitrogen and oxygen atoms in total. The van der Waals surface area contributed by atoms with Gasteiger partial charge in [-0.15, -0.1) is 10.2 Å². The number of aromatic hydroxyl groups is 1. The van der Waals surface area contributed by atoms with Crippen LogP contribution in [0.2, 0.25) is 0 Å². The minimum atomic E-state index is -0.213. The van der Waals surface area contributed by atoms with Gasteiger partial charge in [0.25, 0.3) is 0 Å². The van der Waals surface area contributed by atoms with Crippen molar-refractivity contribution in [3.63, 3.8) is 0 Å². The first-order chi connectivity index (χ1) is 10.2. The maximum Gasteiger partial charge on any atom is 0.138 e. The second-order valence-electron chi connectivity index (χ2n) is 4.54. The van der Waals surface area contributed by atoms with Crippen molar-refractivity contribution in [2.75, 3.05) is 5.43 Å². The van der Waals surface area contributed by atoms with Gasteiger partial charge in [0.1, 0.15) is 18.4 Å². The van der Waals surface area contributed by atoms with Gasteiger partial charge in [0.05, 0.1) is 6.04 Å². The van der Waals surface area contributed by atoms with Crippen LogP contribution in [0.4, 0.5) is 0 Å². The van der Waals surface area contributed by atoms with E-state index >= 15 is 0 Å². The van der Waals surface area contributed by atoms with Gasteiger partial charge < -0.3 is 10.5 Å². The topological polar surface area (TPSA) is 63.0 Å². The van der Waals surface area contributed by atoms with Gasteiger partial charge >= 0.3 is 0 Å². The zero-order valence-electron chi connectivity index (χ0n) is 11.0. The summed E-state index contributed by atoms with van der Waals surface area (Å²) in [7, 11) is 0. The van der Waals surface area contributed by atoms with Crippen molar-refractivity contribution >= 4 is 15.9 Å². The van der Waals surface area contributed by atoms with Crippen LogP contribution >= 0.6 is 15.9 Å². The Bertz CT molecular complexity index is 713. The minimum Gasteiger partial charge on any atom is -0.508 e. The van der Waals surface area contributed by atoms with Crippen LogP contribution in [0.25, 0.3) is 0 Å². The molecular formula is C15H13BrN4O. The molecule has 0 spiro atoms. The van der Waals surface area contributed by atoms with E-state index in [1.54, 1.807) is 29.5 Å². The Kier molecular flexibility index (Phi) is 3.87. The Hall–Kier alpha value is -2.34. The van der Waals surface area contributed by atoms with Gasteiger partial charge in [0, 0.05) is 10.0 Å². The number of phenolic OH excluding ortho intramolecular Hbond substituents is 1. The molecule has 0 saturated heterocycles. The quantitative estimate of drug-likeness (QED) is 0.763. The molecule has 1 atom stereocenters. The Morgan fingerprint density at radius 2 is 1.67 bits per heavy atom. The molecule has 3 rings (SSSR count). The lowest BCUT2D eigenvalue weighted by molar-refractivity contribution is 0.465. The molecule has 3 aromatic rings. The summed E-state index contributed by atoms with van der Waals surface area (Å²) in [5, 5.41) is 17.7. The molecule has 2 aromatic carbocycles. The first-order valence-electron chi connectivity index (χ1n) is 6.38. The predicted octanol–water partition coefficient (Wildman–Crippen LogP) is 3.08. The molecule has 0 bridgehead atoms. The summed E-state index contributed by atoms with van der Waals surface area (Å²) in [6, 6.07) is 15.0. The van der Waals surface area contributed by atoms with E-state index < -0.39 is 0 Å².